The highest BCUT2D eigenvalue weighted by molar-refractivity contribution is 7.22. The van der Waals surface area contributed by atoms with Crippen LogP contribution in [0.3, 0.4) is 0 Å². The van der Waals surface area contributed by atoms with Gasteiger partial charge in [0.2, 0.25) is 0 Å². The maximum absolute atomic E-state index is 13.7. The van der Waals surface area contributed by atoms with E-state index in [0.717, 1.165) is 146 Å². The molecule has 2 aliphatic carbocycles. The zero-order valence-corrected chi connectivity index (χ0v) is 56.1. The summed E-state index contributed by atoms with van der Waals surface area (Å²) in [5, 5.41) is 9.07. The summed E-state index contributed by atoms with van der Waals surface area (Å²) >= 11 is 6.92. The molecule has 2 saturated heterocycles. The first-order valence-corrected chi connectivity index (χ1v) is 36.0. The number of ether oxygens (including phenoxy) is 2. The molecule has 2 saturated carbocycles. The van der Waals surface area contributed by atoms with Gasteiger partial charge in [-0.15, -0.1) is 45.3 Å². The van der Waals surface area contributed by atoms with Gasteiger partial charge in [-0.2, -0.15) is 0 Å². The van der Waals surface area contributed by atoms with Gasteiger partial charge in [0.1, 0.15) is 32.8 Å². The third-order valence-corrected chi connectivity index (χ3v) is 23.7. The number of ketones is 2. The molecule has 10 heterocycles. The molecule has 2 amide bonds. The number of rotatable bonds is 16. The van der Waals surface area contributed by atoms with E-state index >= 15 is 0 Å². The van der Waals surface area contributed by atoms with Gasteiger partial charge in [0, 0.05) is 107 Å². The van der Waals surface area contributed by atoms with Crippen molar-refractivity contribution >= 4 is 89.5 Å². The summed E-state index contributed by atoms with van der Waals surface area (Å²) in [4.78, 5) is 79.5. The summed E-state index contributed by atoms with van der Waals surface area (Å²) in [5.74, 6) is 4.91. The quantitative estimate of drug-likeness (QED) is 0.0940. The highest BCUT2D eigenvalue weighted by atomic mass is 32.1. The van der Waals surface area contributed by atoms with Gasteiger partial charge in [0.15, 0.2) is 0 Å². The van der Waals surface area contributed by atoms with Gasteiger partial charge in [-0.1, -0.05) is 25.0 Å². The van der Waals surface area contributed by atoms with Crippen LogP contribution >= 0.6 is 45.3 Å². The van der Waals surface area contributed by atoms with E-state index in [4.69, 9.17) is 19.4 Å². The lowest BCUT2D eigenvalue weighted by Gasteiger charge is -2.30. The van der Waals surface area contributed by atoms with Crippen LogP contribution in [0.2, 0.25) is 0 Å². The second kappa shape index (κ2) is 26.7. The lowest BCUT2D eigenvalue weighted by molar-refractivity contribution is -0.119. The molecule has 90 heavy (non-hydrogen) atoms. The van der Waals surface area contributed by atoms with Crippen LogP contribution in [0.25, 0.3) is 63.8 Å². The molecule has 2 aromatic carbocycles. The summed E-state index contributed by atoms with van der Waals surface area (Å²) in [7, 11) is 0. The van der Waals surface area contributed by atoms with Gasteiger partial charge < -0.3 is 29.9 Å². The predicted octanol–water partition coefficient (Wildman–Crippen LogP) is 15.8. The summed E-state index contributed by atoms with van der Waals surface area (Å²) in [6.07, 6.45) is 19.8. The van der Waals surface area contributed by atoms with Crippen LogP contribution in [0.15, 0.2) is 85.5 Å². The normalized spacial score (nSPS) is 21.2. The monoisotopic (exact) mass is 1280 g/mol. The van der Waals surface area contributed by atoms with Crippen LogP contribution in [-0.4, -0.2) is 104 Å². The SMILES string of the molecule is CC(C)(C)OC(=O)N1CCc2c(sc(CC(=O)CCCC3C[C@@H]4CN(C(=O)OC(C)(C)C)C[C@@H]4C3)c2-c2nc3cc(-c4ccncc4)ccc3s2)C1.O=C(CCCC1C[C@H]2CNC[C@H]2C1)Cc1sc2c(c1-c1nc3cc(-c4ccncc4)ccc3s1)CCNC2. The Bertz CT molecular complexity index is 3890. The first-order chi connectivity index (χ1) is 43.4. The number of carbonyl (C=O) groups is 4. The van der Waals surface area contributed by atoms with Gasteiger partial charge >= 0.3 is 12.2 Å². The Kier molecular flexibility index (Phi) is 18.6. The number of likely N-dealkylation sites (tertiary alicyclic amines) is 1. The van der Waals surface area contributed by atoms with Crippen LogP contribution < -0.4 is 10.6 Å². The Labute approximate surface area is 545 Å². The van der Waals surface area contributed by atoms with E-state index in [1.54, 1.807) is 51.3 Å². The van der Waals surface area contributed by atoms with Gasteiger partial charge in [0.05, 0.1) is 27.0 Å². The van der Waals surface area contributed by atoms with Crippen molar-refractivity contribution < 1.29 is 28.7 Å². The molecule has 2 N–H and O–H groups in total. The molecule has 472 valence electrons. The lowest BCUT2D eigenvalue weighted by atomic mass is 9.96. The number of benzene rings is 2. The summed E-state index contributed by atoms with van der Waals surface area (Å²) in [6, 6.07) is 21.0. The van der Waals surface area contributed by atoms with Crippen molar-refractivity contribution in [3.63, 3.8) is 0 Å². The number of hydrogen-bond donors (Lipinski definition) is 2. The molecular weight excluding hydrogens is 1200 g/mol. The standard InChI is InChI=1S/C41H50N4O5S2.C31H34N4OS2/c1-40(2,3)49-38(47)44-17-14-31-35(24-44)51-34(36(31)37-43-32-20-27(10-11-33(32)52-37)26-12-15-42-16-13-26)21-30(46)9-7-8-25-18-28-22-45(23-29(28)19-25)39(48)50-41(4,5)6;36-24(3-1-2-19-12-22-16-34-17-23(22)13-19)15-28-30(25-8-11-33-18-29(25)37-28)31-35-26-14-21(4-5-27(26)38-31)20-6-9-32-10-7-20/h10-13,15-16,20,25,28-29H,7-9,14,17-19,21-24H2,1-6H3;4-7,9-10,14,19,22-23,33-34H,1-3,8,11-13,15-18H2/t25?,28-,29+;19?,22-,23+. The minimum atomic E-state index is -0.566. The Morgan fingerprint density at radius 3 is 1.54 bits per heavy atom. The smallest absolute Gasteiger partial charge is 0.410 e. The summed E-state index contributed by atoms with van der Waals surface area (Å²) in [5.41, 5.74) is 10.4. The largest absolute Gasteiger partial charge is 0.444 e. The van der Waals surface area contributed by atoms with E-state index in [0.29, 0.717) is 68.7 Å². The third kappa shape index (κ3) is 14.5. The minimum Gasteiger partial charge on any atom is -0.444 e. The topological polar surface area (TPSA) is 169 Å². The maximum Gasteiger partial charge on any atom is 0.410 e. The molecule has 6 aliphatic rings. The number of Topliss-reactive ketones (excluding diaryl/α,β-unsaturated/α-hetero) is 2. The van der Waals surface area contributed by atoms with Crippen LogP contribution in [0.5, 0.6) is 0 Å². The van der Waals surface area contributed by atoms with Crippen molar-refractivity contribution in [1.82, 2.24) is 40.4 Å². The lowest BCUT2D eigenvalue weighted by Crippen LogP contribution is -2.39. The molecule has 6 aromatic heterocycles. The molecule has 2 unspecified atom stereocenters. The molecule has 4 aliphatic heterocycles. The molecule has 4 fully saturated rings. The molecule has 6 atom stereocenters. The molecule has 8 aromatic rings. The fraction of sp³-hybridized carbons (Fsp3) is 0.500. The van der Waals surface area contributed by atoms with Gasteiger partial charge in [0.25, 0.3) is 0 Å². The number of thiazole rings is 2. The van der Waals surface area contributed by atoms with Crippen LogP contribution in [0.4, 0.5) is 9.59 Å². The van der Waals surface area contributed by atoms with Crippen molar-refractivity contribution in [3.8, 4) is 43.4 Å². The van der Waals surface area contributed by atoms with Gasteiger partial charge in [-0.25, -0.2) is 19.6 Å². The number of pyridine rings is 2. The van der Waals surface area contributed by atoms with E-state index in [9.17, 15) is 19.2 Å². The second-order valence-electron chi connectivity index (χ2n) is 28.0. The van der Waals surface area contributed by atoms with Crippen molar-refractivity contribution in [2.75, 3.05) is 39.3 Å². The van der Waals surface area contributed by atoms with E-state index in [-0.39, 0.29) is 18.0 Å². The zero-order chi connectivity index (χ0) is 62.3. The molecule has 18 heteroatoms. The molecule has 14 nitrogen and oxygen atoms in total. The minimum absolute atomic E-state index is 0.197. The van der Waals surface area contributed by atoms with Crippen LogP contribution in [0.1, 0.15) is 136 Å². The van der Waals surface area contributed by atoms with Crippen molar-refractivity contribution in [2.24, 2.45) is 35.5 Å². The highest BCUT2D eigenvalue weighted by Gasteiger charge is 2.43. The average molecular weight is 1290 g/mol. The molecule has 0 spiro atoms. The number of nitrogens with zero attached hydrogens (tertiary/aromatic N) is 6. The maximum atomic E-state index is 13.7. The number of fused-ring (bicyclic) bond motifs is 6. The number of amides is 2. The fourth-order valence-corrected chi connectivity index (χ4v) is 19.9. The third-order valence-electron chi connectivity index (χ3n) is 19.1. The van der Waals surface area contributed by atoms with Crippen molar-refractivity contribution in [3.05, 3.63) is 116 Å². The molecule has 14 rings (SSSR count). The average Bonchev–Trinajstić information content (AvgIpc) is 1.73. The Morgan fingerprint density at radius 2 is 1.03 bits per heavy atom. The van der Waals surface area contributed by atoms with Crippen molar-refractivity contribution in [1.29, 1.82) is 0 Å². The Balaban J connectivity index is 0.000000173. The number of aromatic nitrogens is 4. The van der Waals surface area contributed by atoms with Crippen LogP contribution in [-0.2, 0) is 57.8 Å². The zero-order valence-electron chi connectivity index (χ0n) is 52.9. The molecular formula is C72H84N8O6S4. The second-order valence-corrected chi connectivity index (χ2v) is 32.5. The van der Waals surface area contributed by atoms with E-state index < -0.39 is 11.2 Å². The summed E-state index contributed by atoms with van der Waals surface area (Å²) in [6.45, 7) is 18.3. The molecule has 0 radical (unpaired) electrons. The van der Waals surface area contributed by atoms with Gasteiger partial charge in [-0.05, 0) is 230 Å². The molecule has 0 bridgehead atoms. The first-order valence-electron chi connectivity index (χ1n) is 32.7. The van der Waals surface area contributed by atoms with E-state index in [1.165, 1.54) is 63.5 Å². The predicted molar refractivity (Wildman–Crippen MR) is 363 cm³/mol. The van der Waals surface area contributed by atoms with Gasteiger partial charge in [-0.3, -0.25) is 19.6 Å². The first kappa shape index (κ1) is 62.5. The number of carbonyl (C=O) groups excluding carboxylic acids is 4. The fourth-order valence-electron chi connectivity index (χ4n) is 15.0. The Hall–Kier alpha value is -6.28. The number of nitrogens with one attached hydrogen (secondary N) is 2. The van der Waals surface area contributed by atoms with E-state index in [2.05, 4.69) is 57.0 Å². The highest BCUT2D eigenvalue weighted by Crippen LogP contribution is 2.48. The van der Waals surface area contributed by atoms with Crippen molar-refractivity contribution in [2.45, 2.75) is 156 Å². The van der Waals surface area contributed by atoms with E-state index in [1.807, 2.05) is 94.4 Å². The number of thiophene rings is 2. The number of hydrogen-bond acceptors (Lipinski definition) is 16. The van der Waals surface area contributed by atoms with Crippen LogP contribution in [0, 0.1) is 35.5 Å². The Morgan fingerprint density at radius 1 is 0.556 bits per heavy atom. The summed E-state index contributed by atoms with van der Waals surface area (Å²) < 4.78 is 13.6.